The Bertz CT molecular complexity index is 927. The second-order valence-corrected chi connectivity index (χ2v) is 7.62. The number of nitro groups is 1. The quantitative estimate of drug-likeness (QED) is 0.493. The van der Waals surface area contributed by atoms with Crippen molar-refractivity contribution in [3.8, 4) is 0 Å². The highest BCUT2D eigenvalue weighted by molar-refractivity contribution is 5.92. The zero-order valence-electron chi connectivity index (χ0n) is 17.5. The highest BCUT2D eigenvalue weighted by Crippen LogP contribution is 2.22. The van der Waals surface area contributed by atoms with Crippen molar-refractivity contribution in [2.45, 2.75) is 13.5 Å². The molecule has 0 atom stereocenters. The Labute approximate surface area is 181 Å². The minimum absolute atomic E-state index is 0.0167. The molecule has 2 aromatic carbocycles. The number of benzene rings is 2. The zero-order chi connectivity index (χ0) is 22.2. The molecule has 1 fully saturated rings. The van der Waals surface area contributed by atoms with Crippen molar-refractivity contribution in [1.29, 1.82) is 0 Å². The number of hydrogen-bond acceptors (Lipinski definition) is 6. The molecule has 3 rings (SSSR count). The van der Waals surface area contributed by atoms with E-state index < -0.39 is 4.92 Å². The molecule has 31 heavy (non-hydrogen) atoms. The minimum Gasteiger partial charge on any atom is -0.351 e. The fourth-order valence-electron chi connectivity index (χ4n) is 3.45. The molecule has 0 bridgehead atoms. The van der Waals surface area contributed by atoms with Gasteiger partial charge in [0.05, 0.1) is 18.0 Å². The Morgan fingerprint density at radius 2 is 1.58 bits per heavy atom. The molecule has 1 saturated heterocycles. The molecule has 1 aliphatic heterocycles. The lowest BCUT2D eigenvalue weighted by molar-refractivity contribution is -0.385. The number of nitrogens with zero attached hydrogens (tertiary/aromatic N) is 3. The van der Waals surface area contributed by atoms with Crippen molar-refractivity contribution in [1.82, 2.24) is 15.1 Å². The number of hydrogen-bond donors (Lipinski definition) is 2. The van der Waals surface area contributed by atoms with E-state index in [4.69, 9.17) is 0 Å². The Kier molecular flexibility index (Phi) is 7.69. The first kappa shape index (κ1) is 22.4. The summed E-state index contributed by atoms with van der Waals surface area (Å²) in [5.74, 6) is -0.233. The summed E-state index contributed by atoms with van der Waals surface area (Å²) >= 11 is 0. The molecule has 164 valence electrons. The number of carbonyl (C=O) groups is 2. The highest BCUT2D eigenvalue weighted by Gasteiger charge is 2.21. The molecule has 0 radical (unpaired) electrons. The number of amides is 2. The Morgan fingerprint density at radius 3 is 2.19 bits per heavy atom. The number of aryl methyl sites for hydroxylation is 1. The third kappa shape index (κ3) is 6.87. The summed E-state index contributed by atoms with van der Waals surface area (Å²) in [4.78, 5) is 39.2. The average Bonchev–Trinajstić information content (AvgIpc) is 2.75. The normalized spacial score (nSPS) is 14.7. The topological polar surface area (TPSA) is 108 Å². The van der Waals surface area contributed by atoms with Gasteiger partial charge in [-0.3, -0.25) is 29.5 Å². The second kappa shape index (κ2) is 10.6. The summed E-state index contributed by atoms with van der Waals surface area (Å²) < 4.78 is 0. The van der Waals surface area contributed by atoms with Crippen LogP contribution in [0.2, 0.25) is 0 Å². The van der Waals surface area contributed by atoms with Crippen molar-refractivity contribution in [3.63, 3.8) is 0 Å². The van der Waals surface area contributed by atoms with E-state index in [0.29, 0.717) is 50.5 Å². The maximum Gasteiger partial charge on any atom is 0.274 e. The van der Waals surface area contributed by atoms with E-state index in [0.717, 1.165) is 5.56 Å². The third-order valence-electron chi connectivity index (χ3n) is 5.22. The van der Waals surface area contributed by atoms with Crippen LogP contribution in [0.4, 0.5) is 11.4 Å². The average molecular weight is 425 g/mol. The minimum atomic E-state index is -0.458. The van der Waals surface area contributed by atoms with E-state index in [2.05, 4.69) is 15.5 Å². The predicted octanol–water partition coefficient (Wildman–Crippen LogP) is 1.78. The SMILES string of the molecule is Cc1ccc(NC(=O)CN2CCN(CC(=O)NCc3ccccc3)CC2)cc1[N+](=O)[O-]. The first-order valence-electron chi connectivity index (χ1n) is 10.2. The van der Waals surface area contributed by atoms with E-state index in [9.17, 15) is 19.7 Å². The van der Waals surface area contributed by atoms with Gasteiger partial charge in [0.2, 0.25) is 11.8 Å². The van der Waals surface area contributed by atoms with Crippen molar-refractivity contribution in [2.75, 3.05) is 44.6 Å². The molecule has 1 aliphatic rings. The van der Waals surface area contributed by atoms with E-state index in [1.54, 1.807) is 19.1 Å². The van der Waals surface area contributed by atoms with Crippen molar-refractivity contribution < 1.29 is 14.5 Å². The lowest BCUT2D eigenvalue weighted by Crippen LogP contribution is -2.50. The molecule has 2 amide bonds. The molecule has 1 heterocycles. The molecule has 2 N–H and O–H groups in total. The zero-order valence-corrected chi connectivity index (χ0v) is 17.5. The van der Waals surface area contributed by atoms with E-state index >= 15 is 0 Å². The monoisotopic (exact) mass is 425 g/mol. The number of piperazine rings is 1. The summed E-state index contributed by atoms with van der Waals surface area (Å²) in [6, 6.07) is 14.4. The van der Waals surface area contributed by atoms with Gasteiger partial charge in [-0.15, -0.1) is 0 Å². The molecule has 9 nitrogen and oxygen atoms in total. The lowest BCUT2D eigenvalue weighted by Gasteiger charge is -2.33. The van der Waals surface area contributed by atoms with Crippen LogP contribution in [-0.2, 0) is 16.1 Å². The molecule has 0 spiro atoms. The molecule has 0 saturated carbocycles. The Hall–Kier alpha value is -3.30. The number of anilines is 1. The van der Waals surface area contributed by atoms with Gasteiger partial charge in [-0.2, -0.15) is 0 Å². The van der Waals surface area contributed by atoms with Gasteiger partial charge in [0.15, 0.2) is 0 Å². The van der Waals surface area contributed by atoms with Crippen LogP contribution < -0.4 is 10.6 Å². The number of carbonyl (C=O) groups excluding carboxylic acids is 2. The van der Waals surface area contributed by atoms with Gasteiger partial charge in [-0.25, -0.2) is 0 Å². The van der Waals surface area contributed by atoms with E-state index in [-0.39, 0.29) is 24.0 Å². The summed E-state index contributed by atoms with van der Waals surface area (Å²) in [7, 11) is 0. The van der Waals surface area contributed by atoms with Gasteiger partial charge in [0, 0.05) is 50.0 Å². The molecular formula is C22H27N5O4. The summed E-state index contributed by atoms with van der Waals surface area (Å²) in [5.41, 5.74) is 2.01. The molecule has 2 aromatic rings. The van der Waals surface area contributed by atoms with E-state index in [1.807, 2.05) is 35.2 Å². The molecular weight excluding hydrogens is 398 g/mol. The maximum absolute atomic E-state index is 12.3. The molecule has 0 aromatic heterocycles. The molecule has 0 aliphatic carbocycles. The van der Waals surface area contributed by atoms with Gasteiger partial charge in [-0.1, -0.05) is 36.4 Å². The fraction of sp³-hybridized carbons (Fsp3) is 0.364. The van der Waals surface area contributed by atoms with Crippen LogP contribution in [0, 0.1) is 17.0 Å². The van der Waals surface area contributed by atoms with Gasteiger partial charge in [0.25, 0.3) is 5.69 Å². The number of nitro benzene ring substituents is 1. The largest absolute Gasteiger partial charge is 0.351 e. The molecule has 0 unspecified atom stereocenters. The highest BCUT2D eigenvalue weighted by atomic mass is 16.6. The van der Waals surface area contributed by atoms with Crippen LogP contribution in [0.15, 0.2) is 48.5 Å². The summed E-state index contributed by atoms with van der Waals surface area (Å²) in [6.45, 7) is 5.45. The first-order chi connectivity index (χ1) is 14.9. The number of rotatable bonds is 8. The van der Waals surface area contributed by atoms with Crippen molar-refractivity contribution in [3.05, 3.63) is 69.8 Å². The van der Waals surface area contributed by atoms with Gasteiger partial charge in [-0.05, 0) is 18.6 Å². The summed E-state index contributed by atoms with van der Waals surface area (Å²) in [5, 5.41) is 16.7. The Balaban J connectivity index is 1.38. The van der Waals surface area contributed by atoms with Crippen LogP contribution >= 0.6 is 0 Å². The standard InChI is InChI=1S/C22H27N5O4/c1-17-7-8-19(13-20(17)27(30)31)24-22(29)16-26-11-9-25(10-12-26)15-21(28)23-14-18-5-3-2-4-6-18/h2-8,13H,9-12,14-16H2,1H3,(H,23,28)(H,24,29). The van der Waals surface area contributed by atoms with Crippen LogP contribution in [0.5, 0.6) is 0 Å². The van der Waals surface area contributed by atoms with Crippen LogP contribution in [0.25, 0.3) is 0 Å². The van der Waals surface area contributed by atoms with Crippen LogP contribution in [0.1, 0.15) is 11.1 Å². The van der Waals surface area contributed by atoms with Crippen LogP contribution in [0.3, 0.4) is 0 Å². The second-order valence-electron chi connectivity index (χ2n) is 7.62. The van der Waals surface area contributed by atoms with Crippen molar-refractivity contribution >= 4 is 23.2 Å². The Morgan fingerprint density at radius 1 is 0.968 bits per heavy atom. The van der Waals surface area contributed by atoms with Gasteiger partial charge >= 0.3 is 0 Å². The first-order valence-corrected chi connectivity index (χ1v) is 10.2. The third-order valence-corrected chi connectivity index (χ3v) is 5.22. The molecule has 9 heteroatoms. The van der Waals surface area contributed by atoms with Gasteiger partial charge < -0.3 is 10.6 Å². The number of nitrogens with one attached hydrogen (secondary N) is 2. The van der Waals surface area contributed by atoms with E-state index in [1.165, 1.54) is 6.07 Å². The van der Waals surface area contributed by atoms with Gasteiger partial charge in [0.1, 0.15) is 0 Å². The maximum atomic E-state index is 12.3. The smallest absolute Gasteiger partial charge is 0.274 e. The summed E-state index contributed by atoms with van der Waals surface area (Å²) in [6.07, 6.45) is 0. The predicted molar refractivity (Wildman–Crippen MR) is 118 cm³/mol. The van der Waals surface area contributed by atoms with Crippen LogP contribution in [-0.4, -0.2) is 65.8 Å². The fourth-order valence-corrected chi connectivity index (χ4v) is 3.45. The lowest BCUT2D eigenvalue weighted by atomic mass is 10.2. The van der Waals surface area contributed by atoms with Crippen molar-refractivity contribution in [2.24, 2.45) is 0 Å².